The van der Waals surface area contributed by atoms with Gasteiger partial charge in [0.2, 0.25) is 0 Å². The molecular formula is C36H44Na2O8S2. The Morgan fingerprint density at radius 3 is 1.94 bits per heavy atom. The Labute approximate surface area is 336 Å². The van der Waals surface area contributed by atoms with E-state index in [2.05, 4.69) is 0 Å². The molecule has 250 valence electrons. The van der Waals surface area contributed by atoms with E-state index in [0.29, 0.717) is 35.5 Å². The number of phenolic OH excluding ortho intramolecular Hbond substituents is 1. The molecule has 48 heavy (non-hydrogen) atoms. The molecule has 0 aromatic heterocycles. The third-order valence-corrected chi connectivity index (χ3v) is 10.3. The van der Waals surface area contributed by atoms with Crippen molar-refractivity contribution in [3.63, 3.8) is 0 Å². The average Bonchev–Trinajstić information content (AvgIpc) is 3.00. The number of aliphatic hydroxyl groups is 1. The molecule has 0 aliphatic carbocycles. The van der Waals surface area contributed by atoms with E-state index in [9.17, 15) is 29.7 Å². The molecule has 2 radical (unpaired) electrons. The summed E-state index contributed by atoms with van der Waals surface area (Å²) in [7, 11) is 0. The average molecular weight is 715 g/mol. The molecule has 0 bridgehead atoms. The van der Waals surface area contributed by atoms with Crippen LogP contribution in [0.3, 0.4) is 0 Å². The van der Waals surface area contributed by atoms with E-state index in [0.717, 1.165) is 33.9 Å². The Balaban J connectivity index is 0.00000576. The van der Waals surface area contributed by atoms with Gasteiger partial charge < -0.3 is 25.2 Å². The van der Waals surface area contributed by atoms with Crippen LogP contribution in [0, 0.1) is 11.8 Å². The summed E-state index contributed by atoms with van der Waals surface area (Å²) in [5.41, 5.74) is 2.64. The molecule has 4 atom stereocenters. The topological polar surface area (TPSA) is 141 Å². The molecule has 4 N–H and O–H groups in total. The van der Waals surface area contributed by atoms with Crippen LogP contribution in [0.4, 0.5) is 0 Å². The van der Waals surface area contributed by atoms with E-state index in [4.69, 9.17) is 9.84 Å². The summed E-state index contributed by atoms with van der Waals surface area (Å²) in [5, 5.41) is 39.5. The van der Waals surface area contributed by atoms with Gasteiger partial charge in [-0.05, 0) is 79.1 Å². The number of carboxylic acid groups (broad SMARTS) is 2. The van der Waals surface area contributed by atoms with Gasteiger partial charge in [-0.15, -0.1) is 23.5 Å². The third-order valence-electron chi connectivity index (χ3n) is 7.68. The van der Waals surface area contributed by atoms with Crippen molar-refractivity contribution in [1.29, 1.82) is 0 Å². The fraction of sp³-hybridized carbons (Fsp3) is 0.417. The molecule has 0 fully saturated rings. The number of aliphatic hydroxyl groups excluding tert-OH is 1. The Morgan fingerprint density at radius 2 is 1.38 bits per heavy atom. The summed E-state index contributed by atoms with van der Waals surface area (Å²) in [5.74, 6) is -1.14. The first-order valence-corrected chi connectivity index (χ1v) is 17.4. The van der Waals surface area contributed by atoms with Crippen molar-refractivity contribution in [2.45, 2.75) is 80.9 Å². The van der Waals surface area contributed by atoms with Gasteiger partial charge in [0, 0.05) is 91.9 Å². The number of hydrogen-bond donors (Lipinski definition) is 4. The number of carbonyl (C=O) groups is 3. The van der Waals surface area contributed by atoms with E-state index in [1.165, 1.54) is 6.92 Å². The fourth-order valence-electron chi connectivity index (χ4n) is 5.21. The van der Waals surface area contributed by atoms with E-state index < -0.39 is 24.0 Å². The second kappa shape index (κ2) is 22.4. The number of ether oxygens (including phenoxy) is 1. The van der Waals surface area contributed by atoms with Crippen LogP contribution in [0.5, 0.6) is 11.5 Å². The van der Waals surface area contributed by atoms with Gasteiger partial charge in [0.05, 0.1) is 24.7 Å². The van der Waals surface area contributed by atoms with Crippen molar-refractivity contribution < 1.29 is 39.5 Å². The van der Waals surface area contributed by atoms with E-state index in [1.54, 1.807) is 54.7 Å². The normalized spacial score (nSPS) is 13.3. The molecule has 4 unspecified atom stereocenters. The van der Waals surface area contributed by atoms with Crippen LogP contribution in [0.1, 0.15) is 91.8 Å². The van der Waals surface area contributed by atoms with Gasteiger partial charge in [-0.2, -0.15) is 0 Å². The van der Waals surface area contributed by atoms with Crippen molar-refractivity contribution in [1.82, 2.24) is 0 Å². The zero-order valence-electron chi connectivity index (χ0n) is 28.8. The molecule has 3 rings (SSSR count). The van der Waals surface area contributed by atoms with Gasteiger partial charge in [0.1, 0.15) is 11.5 Å². The quantitative estimate of drug-likeness (QED) is 0.0429. The molecule has 12 heteroatoms. The van der Waals surface area contributed by atoms with Crippen LogP contribution in [-0.2, 0) is 16.0 Å². The van der Waals surface area contributed by atoms with Gasteiger partial charge >= 0.3 is 11.9 Å². The first-order chi connectivity index (χ1) is 21.9. The maximum absolute atomic E-state index is 11.8. The van der Waals surface area contributed by atoms with Crippen molar-refractivity contribution in [3.05, 3.63) is 82.9 Å². The largest absolute Gasteiger partial charge is 0.507 e. The third kappa shape index (κ3) is 13.7. The van der Waals surface area contributed by atoms with Crippen molar-refractivity contribution in [3.8, 4) is 11.5 Å². The number of phenols is 1. The summed E-state index contributed by atoms with van der Waals surface area (Å²) in [6.45, 7) is 7.55. The number of carboxylic acids is 2. The standard InChI is InChI=1S/C36H44O8S2.2Na/c1-5-7-30-31(17-16-29(24(4)37)35(30)43)44-18-6-19-45-27-12-10-26(11-13-27)36(23(3)21-33(40)41)46-28-14-8-25(9-15-28)34(42)22(2)20-32(38)39;;/h8-17,22-23,34,36,42-43H,5-7,18-21H2,1-4H3,(H,38,39)(H,40,41);;. The summed E-state index contributed by atoms with van der Waals surface area (Å²) in [6.07, 6.45) is 1.22. The predicted octanol–water partition coefficient (Wildman–Crippen LogP) is 7.44. The first-order valence-electron chi connectivity index (χ1n) is 15.5. The van der Waals surface area contributed by atoms with Crippen LogP contribution >= 0.6 is 23.5 Å². The minimum Gasteiger partial charge on any atom is -0.507 e. The van der Waals surface area contributed by atoms with E-state index >= 15 is 0 Å². The second-order valence-electron chi connectivity index (χ2n) is 11.6. The molecular weight excluding hydrogens is 671 g/mol. The fourth-order valence-corrected chi connectivity index (χ4v) is 7.25. The minimum atomic E-state index is -0.954. The van der Waals surface area contributed by atoms with Gasteiger partial charge in [-0.25, -0.2) is 0 Å². The zero-order chi connectivity index (χ0) is 33.8. The van der Waals surface area contributed by atoms with Crippen molar-refractivity contribution >= 4 is 100 Å². The monoisotopic (exact) mass is 714 g/mol. The number of aliphatic carboxylic acids is 2. The summed E-state index contributed by atoms with van der Waals surface area (Å²) in [6, 6.07) is 18.9. The first kappa shape index (κ1) is 44.6. The van der Waals surface area contributed by atoms with Gasteiger partial charge in [0.15, 0.2) is 5.78 Å². The summed E-state index contributed by atoms with van der Waals surface area (Å²) < 4.78 is 5.98. The molecule has 0 saturated carbocycles. The van der Waals surface area contributed by atoms with Gasteiger partial charge in [-0.3, -0.25) is 14.4 Å². The number of ketones is 1. The number of benzene rings is 3. The van der Waals surface area contributed by atoms with Crippen LogP contribution in [0.2, 0.25) is 0 Å². The molecule has 0 amide bonds. The maximum atomic E-state index is 11.8. The Bertz CT molecular complexity index is 1470. The number of rotatable bonds is 19. The van der Waals surface area contributed by atoms with E-state index in [-0.39, 0.29) is 94.7 Å². The summed E-state index contributed by atoms with van der Waals surface area (Å²) >= 11 is 3.27. The molecule has 0 aliphatic heterocycles. The summed E-state index contributed by atoms with van der Waals surface area (Å²) in [4.78, 5) is 36.4. The second-order valence-corrected chi connectivity index (χ2v) is 14.0. The van der Waals surface area contributed by atoms with Crippen LogP contribution in [0.25, 0.3) is 0 Å². The predicted molar refractivity (Wildman–Crippen MR) is 194 cm³/mol. The number of aromatic hydroxyl groups is 1. The van der Waals surface area contributed by atoms with Crippen molar-refractivity contribution in [2.24, 2.45) is 11.8 Å². The Morgan fingerprint density at radius 1 is 0.812 bits per heavy atom. The van der Waals surface area contributed by atoms with Gasteiger partial charge in [-0.1, -0.05) is 51.5 Å². The number of hydrogen-bond acceptors (Lipinski definition) is 8. The molecule has 0 heterocycles. The number of Topliss-reactive ketones (excluding diaryl/α,β-unsaturated/α-hetero) is 1. The SMILES string of the molecule is CCCc1c(OCCCSc2ccc(C(Sc3ccc(C(O)C(C)CC(=O)O)cc3)C(C)CC(=O)O)cc2)ccc(C(C)=O)c1O.[Na].[Na]. The van der Waals surface area contributed by atoms with Crippen LogP contribution in [0.15, 0.2) is 70.5 Å². The van der Waals surface area contributed by atoms with Crippen LogP contribution < -0.4 is 4.74 Å². The molecule has 3 aromatic rings. The van der Waals surface area contributed by atoms with Crippen molar-refractivity contribution in [2.75, 3.05) is 12.4 Å². The Hall–Kier alpha value is -1.47. The molecule has 8 nitrogen and oxygen atoms in total. The van der Waals surface area contributed by atoms with Crippen LogP contribution in [-0.4, -0.2) is 110 Å². The van der Waals surface area contributed by atoms with Gasteiger partial charge in [0.25, 0.3) is 0 Å². The smallest absolute Gasteiger partial charge is 0.303 e. The minimum absolute atomic E-state index is 0. The molecule has 0 saturated heterocycles. The molecule has 3 aromatic carbocycles. The maximum Gasteiger partial charge on any atom is 0.303 e. The van der Waals surface area contributed by atoms with E-state index in [1.807, 2.05) is 50.2 Å². The molecule has 0 aliphatic rings. The molecule has 0 spiro atoms. The number of carbonyl (C=O) groups excluding carboxylic acids is 1. The number of thioether (sulfide) groups is 2. The zero-order valence-corrected chi connectivity index (χ0v) is 34.4. The Kier molecular flexibility index (Phi) is 20.8.